The van der Waals surface area contributed by atoms with Crippen molar-refractivity contribution in [2.45, 2.75) is 25.3 Å². The van der Waals surface area contributed by atoms with E-state index in [0.717, 1.165) is 31.7 Å². The van der Waals surface area contributed by atoms with Crippen LogP contribution in [0.5, 0.6) is 0 Å². The van der Waals surface area contributed by atoms with E-state index in [1.54, 1.807) is 0 Å². The van der Waals surface area contributed by atoms with Crippen LogP contribution >= 0.6 is 12.2 Å². The minimum Gasteiger partial charge on any atom is -0.381 e. The highest BCUT2D eigenvalue weighted by atomic mass is 32.1. The average molecular weight is 250 g/mol. The summed E-state index contributed by atoms with van der Waals surface area (Å²) in [6.07, 6.45) is 1.98. The second-order valence-electron chi connectivity index (χ2n) is 4.62. The predicted molar refractivity (Wildman–Crippen MR) is 74.3 cm³/mol. The summed E-state index contributed by atoms with van der Waals surface area (Å²) in [6, 6.07) is 9.96. The van der Waals surface area contributed by atoms with Crippen LogP contribution in [0.1, 0.15) is 19.8 Å². The molecule has 2 N–H and O–H groups in total. The van der Waals surface area contributed by atoms with Crippen molar-refractivity contribution in [1.82, 2.24) is 5.32 Å². The van der Waals surface area contributed by atoms with Crippen molar-refractivity contribution in [3.8, 4) is 0 Å². The van der Waals surface area contributed by atoms with Gasteiger partial charge in [0.2, 0.25) is 0 Å². The Labute approximate surface area is 108 Å². The van der Waals surface area contributed by atoms with Crippen molar-refractivity contribution in [3.63, 3.8) is 0 Å². The molecule has 1 aliphatic heterocycles. The minimum atomic E-state index is 0.0527. The molecule has 1 fully saturated rings. The Morgan fingerprint density at radius 3 is 2.53 bits per heavy atom. The Kier molecular flexibility index (Phi) is 3.97. The summed E-state index contributed by atoms with van der Waals surface area (Å²) in [4.78, 5) is 0. The number of ether oxygens (including phenoxy) is 1. The van der Waals surface area contributed by atoms with Gasteiger partial charge in [-0.3, -0.25) is 0 Å². The zero-order valence-electron chi connectivity index (χ0n) is 10.0. The summed E-state index contributed by atoms with van der Waals surface area (Å²) < 4.78 is 5.36. The number of benzene rings is 1. The average Bonchev–Trinajstić information content (AvgIpc) is 2.30. The van der Waals surface area contributed by atoms with Gasteiger partial charge in [-0.05, 0) is 44.1 Å². The van der Waals surface area contributed by atoms with E-state index in [1.807, 2.05) is 30.3 Å². The number of rotatable bonds is 2. The maximum absolute atomic E-state index is 5.36. The van der Waals surface area contributed by atoms with Crippen molar-refractivity contribution in [3.05, 3.63) is 30.3 Å². The fraction of sp³-hybridized carbons (Fsp3) is 0.462. The van der Waals surface area contributed by atoms with E-state index in [-0.39, 0.29) is 5.54 Å². The third kappa shape index (κ3) is 3.68. The molecule has 3 nitrogen and oxygen atoms in total. The molecule has 0 amide bonds. The van der Waals surface area contributed by atoms with E-state index < -0.39 is 0 Å². The van der Waals surface area contributed by atoms with Gasteiger partial charge in [0.25, 0.3) is 0 Å². The molecule has 1 aromatic rings. The van der Waals surface area contributed by atoms with Gasteiger partial charge in [0.05, 0.1) is 0 Å². The van der Waals surface area contributed by atoms with Gasteiger partial charge in [-0.25, -0.2) is 0 Å². The van der Waals surface area contributed by atoms with Gasteiger partial charge in [-0.1, -0.05) is 18.2 Å². The van der Waals surface area contributed by atoms with E-state index >= 15 is 0 Å². The molecule has 2 rings (SSSR count). The van der Waals surface area contributed by atoms with E-state index in [2.05, 4.69) is 17.6 Å². The quantitative estimate of drug-likeness (QED) is 0.790. The first-order chi connectivity index (χ1) is 8.18. The molecule has 0 radical (unpaired) electrons. The smallest absolute Gasteiger partial charge is 0.171 e. The largest absolute Gasteiger partial charge is 0.381 e. The Bertz CT molecular complexity index is 374. The summed E-state index contributed by atoms with van der Waals surface area (Å²) in [6.45, 7) is 3.80. The van der Waals surface area contributed by atoms with Gasteiger partial charge in [0, 0.05) is 24.4 Å². The lowest BCUT2D eigenvalue weighted by Crippen LogP contribution is -2.50. The molecular weight excluding hydrogens is 232 g/mol. The SMILES string of the molecule is CC1(NC(=S)Nc2ccccc2)CCOCC1. The molecule has 17 heavy (non-hydrogen) atoms. The first-order valence-electron chi connectivity index (χ1n) is 5.90. The summed E-state index contributed by atoms with van der Waals surface area (Å²) in [7, 11) is 0. The highest BCUT2D eigenvalue weighted by Gasteiger charge is 2.27. The second kappa shape index (κ2) is 5.47. The van der Waals surface area contributed by atoms with E-state index in [0.29, 0.717) is 5.11 Å². The van der Waals surface area contributed by atoms with Gasteiger partial charge in [-0.2, -0.15) is 0 Å². The van der Waals surface area contributed by atoms with E-state index in [1.165, 1.54) is 0 Å². The lowest BCUT2D eigenvalue weighted by atomic mass is 9.93. The van der Waals surface area contributed by atoms with Crippen LogP contribution in [0, 0.1) is 0 Å². The summed E-state index contributed by atoms with van der Waals surface area (Å²) in [5.74, 6) is 0. The maximum Gasteiger partial charge on any atom is 0.171 e. The molecule has 1 saturated heterocycles. The Morgan fingerprint density at radius 1 is 1.24 bits per heavy atom. The third-order valence-corrected chi connectivity index (χ3v) is 3.25. The minimum absolute atomic E-state index is 0.0527. The number of thiocarbonyl (C=S) groups is 1. The van der Waals surface area contributed by atoms with Crippen molar-refractivity contribution < 1.29 is 4.74 Å². The molecule has 92 valence electrons. The molecule has 0 aliphatic carbocycles. The predicted octanol–water partition coefficient (Wildman–Crippen LogP) is 2.54. The lowest BCUT2D eigenvalue weighted by molar-refractivity contribution is 0.0527. The fourth-order valence-electron chi connectivity index (χ4n) is 1.90. The molecule has 1 heterocycles. The maximum atomic E-state index is 5.36. The number of anilines is 1. The topological polar surface area (TPSA) is 33.3 Å². The van der Waals surface area contributed by atoms with Crippen LogP contribution in [0.3, 0.4) is 0 Å². The van der Waals surface area contributed by atoms with Crippen molar-refractivity contribution in [2.24, 2.45) is 0 Å². The fourth-order valence-corrected chi connectivity index (χ4v) is 2.27. The highest BCUT2D eigenvalue weighted by molar-refractivity contribution is 7.80. The van der Waals surface area contributed by atoms with E-state index in [4.69, 9.17) is 17.0 Å². The number of hydrogen-bond acceptors (Lipinski definition) is 2. The van der Waals surface area contributed by atoms with Gasteiger partial charge in [0.1, 0.15) is 0 Å². The van der Waals surface area contributed by atoms with Gasteiger partial charge < -0.3 is 15.4 Å². The second-order valence-corrected chi connectivity index (χ2v) is 5.03. The molecule has 0 bridgehead atoms. The van der Waals surface area contributed by atoms with Crippen molar-refractivity contribution in [2.75, 3.05) is 18.5 Å². The third-order valence-electron chi connectivity index (χ3n) is 3.04. The van der Waals surface area contributed by atoms with Crippen molar-refractivity contribution in [1.29, 1.82) is 0 Å². The lowest BCUT2D eigenvalue weighted by Gasteiger charge is -2.35. The Balaban J connectivity index is 1.88. The summed E-state index contributed by atoms with van der Waals surface area (Å²) in [5, 5.41) is 7.26. The Hall–Kier alpha value is -1.13. The van der Waals surface area contributed by atoms with E-state index in [9.17, 15) is 0 Å². The zero-order valence-corrected chi connectivity index (χ0v) is 10.8. The van der Waals surface area contributed by atoms with Gasteiger partial charge in [-0.15, -0.1) is 0 Å². The molecule has 0 atom stereocenters. The monoisotopic (exact) mass is 250 g/mol. The van der Waals surface area contributed by atoms with Crippen LogP contribution in [-0.4, -0.2) is 23.9 Å². The van der Waals surface area contributed by atoms with Crippen molar-refractivity contribution >= 4 is 23.0 Å². The van der Waals surface area contributed by atoms with Crippen LogP contribution in [0.25, 0.3) is 0 Å². The standard InChI is InChI=1S/C13H18N2OS/c1-13(7-9-16-10-8-13)15-12(17)14-11-5-3-2-4-6-11/h2-6H,7-10H2,1H3,(H2,14,15,17). The first-order valence-corrected chi connectivity index (χ1v) is 6.31. The van der Waals surface area contributed by atoms with Crippen LogP contribution < -0.4 is 10.6 Å². The van der Waals surface area contributed by atoms with Gasteiger partial charge >= 0.3 is 0 Å². The molecule has 0 spiro atoms. The first kappa shape index (κ1) is 12.3. The van der Waals surface area contributed by atoms with Crippen LogP contribution in [0.2, 0.25) is 0 Å². The summed E-state index contributed by atoms with van der Waals surface area (Å²) >= 11 is 5.33. The summed E-state index contributed by atoms with van der Waals surface area (Å²) in [5.41, 5.74) is 1.07. The molecule has 1 aromatic carbocycles. The zero-order chi connectivity index (χ0) is 12.1. The molecule has 0 aromatic heterocycles. The molecule has 4 heteroatoms. The van der Waals surface area contributed by atoms with Crippen LogP contribution in [0.15, 0.2) is 30.3 Å². The van der Waals surface area contributed by atoms with Crippen LogP contribution in [-0.2, 0) is 4.74 Å². The molecule has 0 unspecified atom stereocenters. The Morgan fingerprint density at radius 2 is 1.88 bits per heavy atom. The van der Waals surface area contributed by atoms with Gasteiger partial charge in [0.15, 0.2) is 5.11 Å². The molecule has 1 aliphatic rings. The number of hydrogen-bond donors (Lipinski definition) is 2. The highest BCUT2D eigenvalue weighted by Crippen LogP contribution is 2.19. The molecular formula is C13H18N2OS. The number of para-hydroxylation sites is 1. The molecule has 0 saturated carbocycles. The number of nitrogens with one attached hydrogen (secondary N) is 2. The van der Waals surface area contributed by atoms with Crippen LogP contribution in [0.4, 0.5) is 5.69 Å². The normalized spacial score (nSPS) is 18.4.